The first-order valence-corrected chi connectivity index (χ1v) is 20.6. The van der Waals surface area contributed by atoms with E-state index in [0.29, 0.717) is 53.4 Å². The fraction of sp³-hybridized carbons (Fsp3) is 0.905. The molecule has 12 unspecified atom stereocenters. The van der Waals surface area contributed by atoms with E-state index in [1.165, 1.54) is 103 Å². The molecule has 0 radical (unpaired) electrons. The van der Waals surface area contributed by atoms with E-state index in [1.807, 2.05) is 13.8 Å². The second kappa shape index (κ2) is 17.3. The van der Waals surface area contributed by atoms with E-state index in [4.69, 9.17) is 4.74 Å². The van der Waals surface area contributed by atoms with Crippen LogP contribution in [0, 0.1) is 63.1 Å². The fourth-order valence-electron chi connectivity index (χ4n) is 12.3. The molecule has 1 amide bonds. The van der Waals surface area contributed by atoms with Crippen molar-refractivity contribution in [3.05, 3.63) is 17.1 Å². The molecule has 2 N–H and O–H groups in total. The Bertz CT molecular complexity index is 1140. The lowest BCUT2D eigenvalue weighted by Gasteiger charge is -2.59. The quantitative estimate of drug-likeness (QED) is 0.0552. The van der Waals surface area contributed by atoms with Gasteiger partial charge in [-0.15, -0.1) is 4.91 Å². The zero-order chi connectivity index (χ0) is 35.2. The minimum Gasteiger partial charge on any atom is -0.455 e. The van der Waals surface area contributed by atoms with Crippen molar-refractivity contribution in [1.82, 2.24) is 5.32 Å². The molecule has 0 heterocycles. The molecule has 0 bridgehead atoms. The third kappa shape index (κ3) is 8.90. The first-order valence-electron chi connectivity index (χ1n) is 20.6. The Morgan fingerprint density at radius 2 is 1.67 bits per heavy atom. The molecule has 0 aliphatic heterocycles. The number of nitrogens with one attached hydrogen (secondary N) is 1. The summed E-state index contributed by atoms with van der Waals surface area (Å²) in [7, 11) is 0. The first kappa shape index (κ1) is 38.6. The minimum absolute atomic E-state index is 0.0531. The number of carbonyl (C=O) groups is 2. The molecule has 0 spiro atoms. The number of nitroso groups, excluding NO2 is 1. The van der Waals surface area contributed by atoms with Gasteiger partial charge < -0.3 is 15.2 Å². The largest absolute Gasteiger partial charge is 0.455 e. The van der Waals surface area contributed by atoms with Crippen molar-refractivity contribution in [2.45, 2.75) is 175 Å². The number of allylic oxidation sites excluding steroid dienone is 2. The molecule has 0 saturated heterocycles. The van der Waals surface area contributed by atoms with Crippen LogP contribution in [0.25, 0.3) is 0 Å². The zero-order valence-corrected chi connectivity index (χ0v) is 31.7. The minimum atomic E-state index is -1.35. The first-order chi connectivity index (χ1) is 23.5. The van der Waals surface area contributed by atoms with Gasteiger partial charge in [0.1, 0.15) is 6.10 Å². The summed E-state index contributed by atoms with van der Waals surface area (Å²) in [4.78, 5) is 34.0. The number of fused-ring (bicyclic) bond motifs is 5. The van der Waals surface area contributed by atoms with Gasteiger partial charge in [0.05, 0.1) is 6.10 Å². The normalized spacial score (nSPS) is 38.0. The average Bonchev–Trinajstić information content (AvgIpc) is 3.61. The highest BCUT2D eigenvalue weighted by atomic mass is 16.6. The number of rotatable bonds is 16. The Morgan fingerprint density at radius 3 is 2.39 bits per heavy atom. The number of aliphatic hydroxyl groups is 1. The van der Waals surface area contributed by atoms with Crippen LogP contribution in [0.15, 0.2) is 17.3 Å². The van der Waals surface area contributed by atoms with E-state index in [2.05, 4.69) is 43.4 Å². The van der Waals surface area contributed by atoms with Crippen LogP contribution < -0.4 is 5.32 Å². The van der Waals surface area contributed by atoms with Gasteiger partial charge in [0.25, 0.3) is 0 Å². The Labute approximate surface area is 297 Å². The predicted octanol–water partition coefficient (Wildman–Crippen LogP) is 9.55. The standard InChI is InChI=1S/C42H70N2O5/c1-28(2)37(49-40(47)39(46)44-48)21-18-29(3)33-19-20-34-38-35(22-23-41(33,34)4)42(5)27-32(25-31(42)26-36(38)45)43-24-14-9-7-6-8-11-15-30-16-12-10-13-17-30/h12,16,28-38,43,45H,6-11,13-15,17-27H2,1-5H3. The molecule has 278 valence electrons. The topological polar surface area (TPSA) is 105 Å². The highest BCUT2D eigenvalue weighted by Crippen LogP contribution is 2.69. The van der Waals surface area contributed by atoms with Crippen LogP contribution in [0.2, 0.25) is 0 Å². The van der Waals surface area contributed by atoms with Crippen molar-refractivity contribution in [2.24, 2.45) is 63.4 Å². The van der Waals surface area contributed by atoms with E-state index >= 15 is 0 Å². The summed E-state index contributed by atoms with van der Waals surface area (Å²) in [5, 5.41) is 18.0. The van der Waals surface area contributed by atoms with Gasteiger partial charge in [0.15, 0.2) is 0 Å². The van der Waals surface area contributed by atoms with Gasteiger partial charge in [-0.3, -0.25) is 4.79 Å². The number of aliphatic hydroxyl groups excluding tert-OH is 1. The maximum atomic E-state index is 12.0. The molecule has 5 aliphatic carbocycles. The number of nitrogens with zero attached hydrogens (tertiary/aromatic N) is 1. The number of hydrogen-bond acceptors (Lipinski definition) is 6. The van der Waals surface area contributed by atoms with Gasteiger partial charge in [-0.05, 0) is 155 Å². The lowest BCUT2D eigenvalue weighted by molar-refractivity contribution is -0.159. The van der Waals surface area contributed by atoms with Gasteiger partial charge in [-0.25, -0.2) is 4.79 Å². The summed E-state index contributed by atoms with van der Waals surface area (Å²) >= 11 is 0. The van der Waals surface area contributed by atoms with Gasteiger partial charge in [-0.2, -0.15) is 0 Å². The third-order valence-electron chi connectivity index (χ3n) is 15.1. The van der Waals surface area contributed by atoms with Crippen molar-refractivity contribution >= 4 is 11.9 Å². The zero-order valence-electron chi connectivity index (χ0n) is 31.7. The van der Waals surface area contributed by atoms with Gasteiger partial charge in [-0.1, -0.05) is 78.9 Å². The molecule has 12 atom stereocenters. The fourth-order valence-corrected chi connectivity index (χ4v) is 12.3. The van der Waals surface area contributed by atoms with Crippen LogP contribution in [0.3, 0.4) is 0 Å². The molecule has 7 heteroatoms. The van der Waals surface area contributed by atoms with Crippen LogP contribution >= 0.6 is 0 Å². The Hall–Kier alpha value is -1.60. The monoisotopic (exact) mass is 683 g/mol. The highest BCUT2D eigenvalue weighted by molar-refractivity contribution is 6.32. The summed E-state index contributed by atoms with van der Waals surface area (Å²) in [6.45, 7) is 12.6. The van der Waals surface area contributed by atoms with Gasteiger partial charge >= 0.3 is 11.9 Å². The maximum absolute atomic E-state index is 12.0. The Kier molecular flexibility index (Phi) is 13.6. The number of amides is 1. The Balaban J connectivity index is 1.07. The third-order valence-corrected chi connectivity index (χ3v) is 15.1. The second-order valence-electron chi connectivity index (χ2n) is 18.3. The summed E-state index contributed by atoms with van der Waals surface area (Å²) in [6, 6.07) is 0.592. The SMILES string of the molecule is CC(C)C(CCC(C)C1CCC2C3C(O)CC4CC(NCCCCCCCCC5C=CCCC5)CC4(C)C3CCC12C)OC(=O)C(=O)N=O. The molecule has 7 nitrogen and oxygen atoms in total. The van der Waals surface area contributed by atoms with E-state index in [-0.39, 0.29) is 17.4 Å². The lowest BCUT2D eigenvalue weighted by atomic mass is 9.46. The van der Waals surface area contributed by atoms with E-state index in [1.54, 1.807) is 0 Å². The van der Waals surface area contributed by atoms with E-state index in [9.17, 15) is 19.6 Å². The molecular formula is C42H70N2O5. The summed E-state index contributed by atoms with van der Waals surface area (Å²) in [6.07, 6.45) is 27.8. The molecule has 0 aromatic heterocycles. The molecule has 5 rings (SSSR count). The number of hydrogen-bond donors (Lipinski definition) is 2. The smallest absolute Gasteiger partial charge is 0.402 e. The molecular weight excluding hydrogens is 612 g/mol. The average molecular weight is 683 g/mol. The molecule has 4 fully saturated rings. The van der Waals surface area contributed by atoms with Gasteiger partial charge in [0.2, 0.25) is 0 Å². The molecule has 0 aromatic carbocycles. The van der Waals surface area contributed by atoms with Crippen LogP contribution in [0.5, 0.6) is 0 Å². The highest BCUT2D eigenvalue weighted by Gasteiger charge is 2.63. The maximum Gasteiger partial charge on any atom is 0.402 e. The van der Waals surface area contributed by atoms with Crippen LogP contribution in [-0.4, -0.2) is 41.8 Å². The van der Waals surface area contributed by atoms with Crippen molar-refractivity contribution in [3.8, 4) is 0 Å². The predicted molar refractivity (Wildman–Crippen MR) is 196 cm³/mol. The van der Waals surface area contributed by atoms with Crippen molar-refractivity contribution in [2.75, 3.05) is 6.54 Å². The van der Waals surface area contributed by atoms with E-state index in [0.717, 1.165) is 25.3 Å². The van der Waals surface area contributed by atoms with Crippen LogP contribution in [0.1, 0.15) is 157 Å². The molecule has 5 aliphatic rings. The summed E-state index contributed by atoms with van der Waals surface area (Å²) < 4.78 is 5.40. The number of carbonyl (C=O) groups excluding carboxylic acids is 2. The summed E-state index contributed by atoms with van der Waals surface area (Å²) in [5.74, 6) is 1.63. The number of esters is 1. The van der Waals surface area contributed by atoms with Crippen LogP contribution in [0.4, 0.5) is 0 Å². The lowest BCUT2D eigenvalue weighted by Crippen LogP contribution is -2.56. The van der Waals surface area contributed by atoms with Crippen molar-refractivity contribution in [1.29, 1.82) is 0 Å². The van der Waals surface area contributed by atoms with Gasteiger partial charge in [0, 0.05) is 11.2 Å². The van der Waals surface area contributed by atoms with Crippen molar-refractivity contribution in [3.63, 3.8) is 0 Å². The van der Waals surface area contributed by atoms with E-state index < -0.39 is 18.0 Å². The summed E-state index contributed by atoms with van der Waals surface area (Å²) in [5.41, 5.74) is 0.539. The second-order valence-corrected chi connectivity index (χ2v) is 18.3. The molecule has 4 saturated carbocycles. The number of unbranched alkanes of at least 4 members (excludes halogenated alkanes) is 5. The number of ether oxygens (including phenoxy) is 1. The molecule has 49 heavy (non-hydrogen) atoms. The van der Waals surface area contributed by atoms with Crippen LogP contribution in [-0.2, 0) is 14.3 Å². The Morgan fingerprint density at radius 1 is 0.939 bits per heavy atom. The molecule has 0 aromatic rings. The van der Waals surface area contributed by atoms with Crippen molar-refractivity contribution < 1.29 is 19.4 Å².